The lowest BCUT2D eigenvalue weighted by atomic mass is 9.70. The second-order valence-corrected chi connectivity index (χ2v) is 11.2. The highest BCUT2D eigenvalue weighted by Crippen LogP contribution is 2.61. The van der Waals surface area contributed by atoms with Crippen LogP contribution in [-0.2, 0) is 16.4 Å². The van der Waals surface area contributed by atoms with Gasteiger partial charge in [0, 0.05) is 11.0 Å². The molecule has 2 unspecified atom stereocenters. The summed E-state index contributed by atoms with van der Waals surface area (Å²) in [5, 5.41) is 9.93. The van der Waals surface area contributed by atoms with E-state index in [9.17, 15) is 18.5 Å². The maximum Gasteiger partial charge on any atom is 0.337 e. The zero-order valence-electron chi connectivity index (χ0n) is 16.1. The van der Waals surface area contributed by atoms with Crippen LogP contribution >= 0.6 is 23.4 Å². The second kappa shape index (κ2) is 7.53. The molecule has 0 aromatic heterocycles. The fourth-order valence-corrected chi connectivity index (χ4v) is 8.26. The molecule has 2 heterocycles. The highest BCUT2D eigenvalue weighted by Gasteiger charge is 2.59. The predicted molar refractivity (Wildman–Crippen MR) is 118 cm³/mol. The maximum atomic E-state index is 13.8. The molecule has 1 N–H and O–H groups in total. The molecule has 1 aliphatic carbocycles. The first-order valence-corrected chi connectivity index (χ1v) is 12.7. The monoisotopic (exact) mass is 465 g/mol. The zero-order valence-corrected chi connectivity index (χ0v) is 18.5. The molecule has 2 fully saturated rings. The molecule has 0 amide bonds. The number of hydrogen-bond donors (Lipinski definition) is 1. The van der Waals surface area contributed by atoms with Crippen LogP contribution in [0.5, 0.6) is 0 Å². The van der Waals surface area contributed by atoms with Crippen LogP contribution in [0.1, 0.15) is 41.6 Å². The summed E-state index contributed by atoms with van der Waals surface area (Å²) < 4.78 is 29.2. The SMILES string of the molecule is O=C(O)c1ccc2c(c1Cl)C1(CCSCC1)C(C1CC1)N2S(=O)c1ccc(F)cc1. The first kappa shape index (κ1) is 20.3. The molecule has 2 atom stereocenters. The van der Waals surface area contributed by atoms with Crippen LogP contribution in [0.25, 0.3) is 0 Å². The summed E-state index contributed by atoms with van der Waals surface area (Å²) in [6.07, 6.45) is 3.89. The maximum absolute atomic E-state index is 13.8. The second-order valence-electron chi connectivity index (χ2n) is 8.21. The van der Waals surface area contributed by atoms with Crippen molar-refractivity contribution < 1.29 is 18.5 Å². The fraction of sp³-hybridized carbons (Fsp3) is 0.409. The van der Waals surface area contributed by atoms with Gasteiger partial charge in [-0.1, -0.05) is 11.6 Å². The van der Waals surface area contributed by atoms with Gasteiger partial charge in [-0.2, -0.15) is 11.8 Å². The number of hydrogen-bond acceptors (Lipinski definition) is 3. The van der Waals surface area contributed by atoms with E-state index < -0.39 is 17.0 Å². The largest absolute Gasteiger partial charge is 0.478 e. The van der Waals surface area contributed by atoms with Gasteiger partial charge >= 0.3 is 5.97 Å². The van der Waals surface area contributed by atoms with E-state index in [0.717, 1.165) is 48.4 Å². The molecule has 30 heavy (non-hydrogen) atoms. The Morgan fingerprint density at radius 3 is 2.43 bits per heavy atom. The summed E-state index contributed by atoms with van der Waals surface area (Å²) in [7, 11) is -1.54. The smallest absolute Gasteiger partial charge is 0.337 e. The topological polar surface area (TPSA) is 57.6 Å². The van der Waals surface area contributed by atoms with Crippen LogP contribution in [0.3, 0.4) is 0 Å². The molecule has 5 rings (SSSR count). The minimum atomic E-state index is -1.54. The number of thioether (sulfide) groups is 1. The minimum absolute atomic E-state index is 0.000770. The third-order valence-electron chi connectivity index (χ3n) is 6.55. The van der Waals surface area contributed by atoms with Crippen LogP contribution in [0, 0.1) is 11.7 Å². The third-order valence-corrected chi connectivity index (χ3v) is 9.39. The predicted octanol–water partition coefficient (Wildman–Crippen LogP) is 5.26. The number of anilines is 1. The summed E-state index contributed by atoms with van der Waals surface area (Å²) in [5.74, 6) is 0.908. The lowest BCUT2D eigenvalue weighted by Gasteiger charge is -2.42. The van der Waals surface area contributed by atoms with Crippen LogP contribution in [0.2, 0.25) is 5.02 Å². The average molecular weight is 466 g/mol. The molecule has 0 radical (unpaired) electrons. The Hall–Kier alpha value is -1.57. The lowest BCUT2D eigenvalue weighted by molar-refractivity contribution is 0.0697. The Bertz CT molecular complexity index is 1040. The van der Waals surface area contributed by atoms with Gasteiger partial charge in [0.25, 0.3) is 0 Å². The molecule has 0 bridgehead atoms. The number of carboxylic acids is 1. The van der Waals surface area contributed by atoms with Gasteiger partial charge in [-0.3, -0.25) is 4.31 Å². The van der Waals surface area contributed by atoms with E-state index in [1.807, 2.05) is 16.1 Å². The molecule has 2 aromatic rings. The summed E-state index contributed by atoms with van der Waals surface area (Å²) in [5.41, 5.74) is 1.39. The molecule has 158 valence electrons. The van der Waals surface area contributed by atoms with Gasteiger partial charge in [0.2, 0.25) is 0 Å². The van der Waals surface area contributed by atoms with Crippen molar-refractivity contribution in [2.24, 2.45) is 5.92 Å². The molecule has 2 aromatic carbocycles. The molecule has 4 nitrogen and oxygen atoms in total. The zero-order chi connectivity index (χ0) is 21.0. The molecular formula is C22H21ClFNO3S2. The summed E-state index contributed by atoms with van der Waals surface area (Å²) in [6.45, 7) is 0. The standard InChI is InChI=1S/C22H21ClFNO3S2/c23-19-16(21(26)27)7-8-17-18(19)22(9-11-29-12-10-22)20(13-1-2-13)25(17)30(28)15-5-3-14(24)4-6-15/h3-8,13,20H,1-2,9-12H2,(H,26,27). The molecule has 2 aliphatic heterocycles. The Balaban J connectivity index is 1.71. The Labute approximate surface area is 186 Å². The first-order chi connectivity index (χ1) is 14.4. The van der Waals surface area contributed by atoms with E-state index >= 15 is 0 Å². The number of carbonyl (C=O) groups is 1. The quantitative estimate of drug-likeness (QED) is 0.668. The molecule has 1 saturated carbocycles. The number of nitrogens with zero attached hydrogens (tertiary/aromatic N) is 1. The highest BCUT2D eigenvalue weighted by molar-refractivity contribution is 7.99. The molecule has 1 saturated heterocycles. The van der Waals surface area contributed by atoms with Gasteiger partial charge < -0.3 is 5.11 Å². The van der Waals surface area contributed by atoms with Crippen molar-refractivity contribution in [2.75, 3.05) is 15.8 Å². The van der Waals surface area contributed by atoms with Gasteiger partial charge in [0.05, 0.1) is 27.2 Å². The van der Waals surface area contributed by atoms with E-state index in [0.29, 0.717) is 10.8 Å². The van der Waals surface area contributed by atoms with Gasteiger partial charge in [-0.15, -0.1) is 0 Å². The van der Waals surface area contributed by atoms with E-state index in [1.165, 1.54) is 18.2 Å². The van der Waals surface area contributed by atoms with Crippen LogP contribution < -0.4 is 4.31 Å². The van der Waals surface area contributed by atoms with Crippen molar-refractivity contribution in [3.8, 4) is 0 Å². The summed E-state index contributed by atoms with van der Waals surface area (Å²) in [4.78, 5) is 12.3. The van der Waals surface area contributed by atoms with Crippen molar-refractivity contribution in [3.63, 3.8) is 0 Å². The number of benzene rings is 2. The molecule has 8 heteroatoms. The van der Waals surface area contributed by atoms with Crippen LogP contribution in [0.15, 0.2) is 41.3 Å². The van der Waals surface area contributed by atoms with Crippen molar-refractivity contribution >= 4 is 46.0 Å². The lowest BCUT2D eigenvalue weighted by Crippen LogP contribution is -2.49. The number of aromatic carboxylic acids is 1. The van der Waals surface area contributed by atoms with Crippen molar-refractivity contribution in [2.45, 2.75) is 42.0 Å². The molecule has 3 aliphatic rings. The van der Waals surface area contributed by atoms with E-state index in [1.54, 1.807) is 18.2 Å². The first-order valence-electron chi connectivity index (χ1n) is 10.0. The Morgan fingerprint density at radius 2 is 1.83 bits per heavy atom. The number of rotatable bonds is 4. The number of fused-ring (bicyclic) bond motifs is 2. The minimum Gasteiger partial charge on any atom is -0.478 e. The number of carboxylic acid groups (broad SMARTS) is 1. The Kier molecular flexibility index (Phi) is 5.11. The number of halogens is 2. The van der Waals surface area contributed by atoms with E-state index in [2.05, 4.69) is 0 Å². The molecule has 1 spiro atoms. The van der Waals surface area contributed by atoms with Crippen molar-refractivity contribution in [1.82, 2.24) is 0 Å². The fourth-order valence-electron chi connectivity index (χ4n) is 5.10. The van der Waals surface area contributed by atoms with Gasteiger partial charge in [0.15, 0.2) is 11.0 Å². The summed E-state index contributed by atoms with van der Waals surface area (Å²) in [6, 6.07) is 9.04. The highest BCUT2D eigenvalue weighted by atomic mass is 35.5. The van der Waals surface area contributed by atoms with Gasteiger partial charge in [0.1, 0.15) is 5.82 Å². The Morgan fingerprint density at radius 1 is 1.17 bits per heavy atom. The van der Waals surface area contributed by atoms with Crippen molar-refractivity contribution in [3.05, 3.63) is 58.4 Å². The van der Waals surface area contributed by atoms with Crippen LogP contribution in [0.4, 0.5) is 10.1 Å². The average Bonchev–Trinajstić information content (AvgIpc) is 3.53. The molecular weight excluding hydrogens is 445 g/mol. The third kappa shape index (κ3) is 3.09. The van der Waals surface area contributed by atoms with Gasteiger partial charge in [-0.05, 0) is 79.5 Å². The van der Waals surface area contributed by atoms with E-state index in [-0.39, 0.29) is 27.9 Å². The van der Waals surface area contributed by atoms with E-state index in [4.69, 9.17) is 11.6 Å². The van der Waals surface area contributed by atoms with Gasteiger partial charge in [-0.25, -0.2) is 13.4 Å². The normalized spacial score (nSPS) is 23.4. The van der Waals surface area contributed by atoms with Crippen molar-refractivity contribution in [1.29, 1.82) is 0 Å². The summed E-state index contributed by atoms with van der Waals surface area (Å²) >= 11 is 8.63. The van der Waals surface area contributed by atoms with Crippen LogP contribution in [-0.4, -0.2) is 32.8 Å².